The van der Waals surface area contributed by atoms with Gasteiger partial charge in [-0.15, -0.1) is 0 Å². The van der Waals surface area contributed by atoms with Crippen LogP contribution in [0.15, 0.2) is 39.8 Å². The summed E-state index contributed by atoms with van der Waals surface area (Å²) in [5.41, 5.74) is 0.979. The fourth-order valence-electron chi connectivity index (χ4n) is 2.57. The molecule has 1 aromatic carbocycles. The van der Waals surface area contributed by atoms with Crippen LogP contribution in [0, 0.1) is 12.8 Å². The van der Waals surface area contributed by atoms with Gasteiger partial charge in [-0.1, -0.05) is 17.3 Å². The van der Waals surface area contributed by atoms with Crippen LogP contribution in [0.5, 0.6) is 0 Å². The van der Waals surface area contributed by atoms with Crippen molar-refractivity contribution in [1.82, 2.24) is 15.4 Å². The number of aryl methyl sites for hydroxylation is 1. The van der Waals surface area contributed by atoms with E-state index in [0.29, 0.717) is 18.8 Å². The highest BCUT2D eigenvalue weighted by Gasteiger charge is 2.36. The number of rotatable bonds is 5. The summed E-state index contributed by atoms with van der Waals surface area (Å²) in [6.07, 6.45) is 0. The van der Waals surface area contributed by atoms with Gasteiger partial charge in [0, 0.05) is 25.7 Å². The Morgan fingerprint density at radius 2 is 1.96 bits per heavy atom. The molecule has 2 heterocycles. The van der Waals surface area contributed by atoms with E-state index in [9.17, 15) is 18.0 Å². The highest BCUT2D eigenvalue weighted by atomic mass is 32.2. The third-order valence-corrected chi connectivity index (χ3v) is 5.03. The predicted molar refractivity (Wildman–Crippen MR) is 90.3 cm³/mol. The molecule has 3 rings (SSSR count). The molecule has 1 aliphatic rings. The first kappa shape index (κ1) is 18.1. The van der Waals surface area contributed by atoms with Crippen molar-refractivity contribution < 1.29 is 22.5 Å². The monoisotopic (exact) mass is 378 g/mol. The predicted octanol–water partition coefficient (Wildman–Crippen LogP) is 0.0188. The molecule has 0 aliphatic carbocycles. The number of nitrogens with one attached hydrogen (secondary N) is 1. The Morgan fingerprint density at radius 1 is 1.31 bits per heavy atom. The van der Waals surface area contributed by atoms with Gasteiger partial charge in [-0.3, -0.25) is 9.59 Å². The van der Waals surface area contributed by atoms with E-state index >= 15 is 0 Å². The van der Waals surface area contributed by atoms with Gasteiger partial charge >= 0.3 is 0 Å². The van der Waals surface area contributed by atoms with Crippen molar-refractivity contribution in [3.8, 4) is 0 Å². The smallest absolute Gasteiger partial charge is 0.276 e. The standard InChI is InChI=1S/C16H18N4O5S/c1-10-6-14(19-25-10)16(22)20-8-12(9-20)15(21)18-7-11-2-4-13(5-3-11)26(17,23)24/h2-6,12H,7-9H2,1H3,(H,18,21)(H2,17,23,24). The van der Waals surface area contributed by atoms with E-state index in [1.54, 1.807) is 25.1 Å². The molecule has 9 nitrogen and oxygen atoms in total. The van der Waals surface area contributed by atoms with Crippen LogP contribution >= 0.6 is 0 Å². The number of aromatic nitrogens is 1. The number of carbonyl (C=O) groups is 2. The SMILES string of the molecule is Cc1cc(C(=O)N2CC(C(=O)NCc3ccc(S(N)(=O)=O)cc3)C2)no1. The van der Waals surface area contributed by atoms with E-state index < -0.39 is 10.0 Å². The van der Waals surface area contributed by atoms with E-state index in [-0.39, 0.29) is 34.9 Å². The van der Waals surface area contributed by atoms with E-state index in [1.807, 2.05) is 0 Å². The van der Waals surface area contributed by atoms with Gasteiger partial charge in [0.15, 0.2) is 5.69 Å². The fourth-order valence-corrected chi connectivity index (χ4v) is 3.09. The molecule has 3 N–H and O–H groups in total. The lowest BCUT2D eigenvalue weighted by Crippen LogP contribution is -2.55. The van der Waals surface area contributed by atoms with Crippen LogP contribution < -0.4 is 10.5 Å². The minimum absolute atomic E-state index is 0.0174. The van der Waals surface area contributed by atoms with Crippen molar-refractivity contribution in [2.75, 3.05) is 13.1 Å². The highest BCUT2D eigenvalue weighted by Crippen LogP contribution is 2.19. The number of benzene rings is 1. The summed E-state index contributed by atoms with van der Waals surface area (Å²) in [5.74, 6) is -0.155. The van der Waals surface area contributed by atoms with Crippen molar-refractivity contribution >= 4 is 21.8 Å². The molecule has 0 saturated carbocycles. The number of nitrogens with zero attached hydrogens (tertiary/aromatic N) is 2. The first-order chi connectivity index (χ1) is 12.2. The lowest BCUT2D eigenvalue weighted by molar-refractivity contribution is -0.129. The molecule has 2 amide bonds. The molecule has 26 heavy (non-hydrogen) atoms. The largest absolute Gasteiger partial charge is 0.361 e. The number of nitrogens with two attached hydrogens (primary N) is 1. The fraction of sp³-hybridized carbons (Fsp3) is 0.312. The minimum Gasteiger partial charge on any atom is -0.361 e. The van der Waals surface area contributed by atoms with Crippen LogP contribution in [-0.2, 0) is 21.4 Å². The number of primary sulfonamides is 1. The Morgan fingerprint density at radius 3 is 2.50 bits per heavy atom. The maximum Gasteiger partial charge on any atom is 0.276 e. The van der Waals surface area contributed by atoms with Gasteiger partial charge in [0.25, 0.3) is 5.91 Å². The number of likely N-dealkylation sites (tertiary alicyclic amines) is 1. The molecule has 0 spiro atoms. The molecule has 0 bridgehead atoms. The number of hydrogen-bond donors (Lipinski definition) is 2. The van der Waals surface area contributed by atoms with Crippen LogP contribution in [0.25, 0.3) is 0 Å². The average molecular weight is 378 g/mol. The zero-order chi connectivity index (χ0) is 18.9. The summed E-state index contributed by atoms with van der Waals surface area (Å²) in [6.45, 7) is 2.60. The van der Waals surface area contributed by atoms with Gasteiger partial charge in [-0.25, -0.2) is 13.6 Å². The average Bonchev–Trinajstić information content (AvgIpc) is 2.97. The summed E-state index contributed by atoms with van der Waals surface area (Å²) >= 11 is 0. The Labute approximate surface area is 150 Å². The van der Waals surface area contributed by atoms with Crippen molar-refractivity contribution in [3.05, 3.63) is 47.3 Å². The van der Waals surface area contributed by atoms with Crippen molar-refractivity contribution in [3.63, 3.8) is 0 Å². The molecular formula is C16H18N4O5S. The van der Waals surface area contributed by atoms with Crippen molar-refractivity contribution in [2.45, 2.75) is 18.4 Å². The summed E-state index contributed by atoms with van der Waals surface area (Å²) in [6, 6.07) is 7.51. The Kier molecular flexibility index (Phi) is 4.79. The number of carbonyl (C=O) groups excluding carboxylic acids is 2. The molecule has 0 atom stereocenters. The zero-order valence-electron chi connectivity index (χ0n) is 14.0. The van der Waals surface area contributed by atoms with Crippen LogP contribution in [-0.4, -0.2) is 43.4 Å². The van der Waals surface area contributed by atoms with Crippen LogP contribution in [0.3, 0.4) is 0 Å². The lowest BCUT2D eigenvalue weighted by atomic mass is 9.98. The third-order valence-electron chi connectivity index (χ3n) is 4.11. The van der Waals surface area contributed by atoms with E-state index in [0.717, 1.165) is 5.56 Å². The van der Waals surface area contributed by atoms with Gasteiger partial charge in [0.05, 0.1) is 10.8 Å². The van der Waals surface area contributed by atoms with Gasteiger partial charge in [0.1, 0.15) is 5.76 Å². The Balaban J connectivity index is 1.47. The van der Waals surface area contributed by atoms with E-state index in [4.69, 9.17) is 9.66 Å². The molecule has 0 radical (unpaired) electrons. The van der Waals surface area contributed by atoms with Gasteiger partial charge < -0.3 is 14.7 Å². The van der Waals surface area contributed by atoms with Crippen molar-refractivity contribution in [1.29, 1.82) is 0 Å². The van der Waals surface area contributed by atoms with E-state index in [1.165, 1.54) is 17.0 Å². The second kappa shape index (κ2) is 6.89. The summed E-state index contributed by atoms with van der Waals surface area (Å²) in [4.78, 5) is 25.8. The molecular weight excluding hydrogens is 360 g/mol. The topological polar surface area (TPSA) is 136 Å². The molecule has 1 saturated heterocycles. The van der Waals surface area contributed by atoms with Crippen LogP contribution in [0.1, 0.15) is 21.8 Å². The normalized spacial score (nSPS) is 14.8. The second-order valence-corrected chi connectivity index (χ2v) is 7.70. The maximum atomic E-state index is 12.1. The summed E-state index contributed by atoms with van der Waals surface area (Å²) in [5, 5.41) is 11.5. The second-order valence-electron chi connectivity index (χ2n) is 6.14. The molecule has 2 aromatic rings. The first-order valence-corrected chi connectivity index (χ1v) is 9.41. The van der Waals surface area contributed by atoms with Gasteiger partial charge in [-0.2, -0.15) is 0 Å². The molecule has 1 aromatic heterocycles. The highest BCUT2D eigenvalue weighted by molar-refractivity contribution is 7.89. The van der Waals surface area contributed by atoms with Crippen LogP contribution in [0.2, 0.25) is 0 Å². The molecule has 1 aliphatic heterocycles. The molecule has 138 valence electrons. The number of amides is 2. The Bertz CT molecular complexity index is 930. The molecule has 0 unspecified atom stereocenters. The van der Waals surface area contributed by atoms with E-state index in [2.05, 4.69) is 10.5 Å². The Hall–Kier alpha value is -2.72. The molecule has 10 heteroatoms. The quantitative estimate of drug-likeness (QED) is 0.753. The molecule has 1 fully saturated rings. The number of sulfonamides is 1. The van der Waals surface area contributed by atoms with Crippen LogP contribution in [0.4, 0.5) is 0 Å². The number of hydrogen-bond acceptors (Lipinski definition) is 6. The summed E-state index contributed by atoms with van der Waals surface area (Å²) in [7, 11) is -3.73. The van der Waals surface area contributed by atoms with Gasteiger partial charge in [0.2, 0.25) is 15.9 Å². The maximum absolute atomic E-state index is 12.1. The van der Waals surface area contributed by atoms with Crippen molar-refractivity contribution in [2.24, 2.45) is 11.1 Å². The summed E-state index contributed by atoms with van der Waals surface area (Å²) < 4.78 is 27.3. The zero-order valence-corrected chi connectivity index (χ0v) is 14.8. The minimum atomic E-state index is -3.73. The third kappa shape index (κ3) is 3.92. The first-order valence-electron chi connectivity index (χ1n) is 7.86. The lowest BCUT2D eigenvalue weighted by Gasteiger charge is -2.37. The van der Waals surface area contributed by atoms with Gasteiger partial charge in [-0.05, 0) is 24.6 Å².